The van der Waals surface area contributed by atoms with E-state index in [1.807, 2.05) is 20.8 Å². The largest absolute Gasteiger partial charge is 0.481 e. The highest BCUT2D eigenvalue weighted by Crippen LogP contribution is 2.30. The van der Waals surface area contributed by atoms with E-state index in [4.69, 9.17) is 5.11 Å². The molecule has 20 heavy (non-hydrogen) atoms. The molecule has 4 heteroatoms. The zero-order valence-corrected chi connectivity index (χ0v) is 13.0. The summed E-state index contributed by atoms with van der Waals surface area (Å²) in [6.45, 7) is 6.20. The summed E-state index contributed by atoms with van der Waals surface area (Å²) in [5.41, 5.74) is 0. The molecule has 1 fully saturated rings. The number of carbonyl (C=O) groups excluding carboxylic acids is 1. The molecular formula is C16H29NO3. The summed E-state index contributed by atoms with van der Waals surface area (Å²) in [5.74, 6) is -0.288. The van der Waals surface area contributed by atoms with Crippen LogP contribution in [0.4, 0.5) is 0 Å². The Morgan fingerprint density at radius 2 is 1.80 bits per heavy atom. The Labute approximate surface area is 122 Å². The Kier molecular flexibility index (Phi) is 7.03. The lowest BCUT2D eigenvalue weighted by Crippen LogP contribution is -2.37. The molecule has 0 heterocycles. The second-order valence-corrected chi connectivity index (χ2v) is 6.70. The van der Waals surface area contributed by atoms with E-state index in [1.54, 1.807) is 0 Å². The molecule has 0 radical (unpaired) electrons. The van der Waals surface area contributed by atoms with Crippen molar-refractivity contribution in [3.8, 4) is 0 Å². The molecule has 1 rings (SSSR count). The van der Waals surface area contributed by atoms with E-state index < -0.39 is 11.9 Å². The molecule has 0 saturated heterocycles. The van der Waals surface area contributed by atoms with Crippen LogP contribution in [0, 0.1) is 23.7 Å². The van der Waals surface area contributed by atoms with Gasteiger partial charge < -0.3 is 10.4 Å². The lowest BCUT2D eigenvalue weighted by Gasteiger charge is -2.19. The van der Waals surface area contributed by atoms with Gasteiger partial charge in [0.05, 0.1) is 5.92 Å². The Bertz CT molecular complexity index is 322. The number of carbonyl (C=O) groups is 2. The number of rotatable bonds is 8. The minimum absolute atomic E-state index is 0.00639. The van der Waals surface area contributed by atoms with Gasteiger partial charge in [0.25, 0.3) is 0 Å². The minimum Gasteiger partial charge on any atom is -0.481 e. The fraction of sp³-hybridized carbons (Fsp3) is 0.875. The summed E-state index contributed by atoms with van der Waals surface area (Å²) in [4.78, 5) is 23.2. The molecule has 0 bridgehead atoms. The number of nitrogens with one attached hydrogen (secondary N) is 1. The first kappa shape index (κ1) is 17.0. The summed E-state index contributed by atoms with van der Waals surface area (Å²) in [6, 6.07) is 0. The SMILES string of the molecule is CC(C)CC(CNC(=O)C(C)CC1CCCC1)C(=O)O. The minimum atomic E-state index is -0.817. The number of hydrogen-bond acceptors (Lipinski definition) is 2. The number of carboxylic acid groups (broad SMARTS) is 1. The molecule has 4 nitrogen and oxygen atoms in total. The number of amides is 1. The maximum Gasteiger partial charge on any atom is 0.308 e. The Morgan fingerprint density at radius 3 is 2.30 bits per heavy atom. The summed E-state index contributed by atoms with van der Waals surface area (Å²) >= 11 is 0. The molecule has 1 aliphatic rings. The predicted octanol–water partition coefficient (Wildman–Crippen LogP) is 3.07. The van der Waals surface area contributed by atoms with Crippen LogP contribution < -0.4 is 5.32 Å². The molecule has 0 aromatic carbocycles. The van der Waals surface area contributed by atoms with Crippen molar-refractivity contribution < 1.29 is 14.7 Å². The molecule has 0 aromatic rings. The standard InChI is InChI=1S/C16H29NO3/c1-11(2)8-14(16(19)20)10-17-15(18)12(3)9-13-6-4-5-7-13/h11-14H,4-10H2,1-3H3,(H,17,18)(H,19,20). The van der Waals surface area contributed by atoms with Crippen LogP contribution in [0.1, 0.15) is 59.3 Å². The van der Waals surface area contributed by atoms with Crippen molar-refractivity contribution in [2.45, 2.75) is 59.3 Å². The molecule has 116 valence electrons. The lowest BCUT2D eigenvalue weighted by atomic mass is 9.93. The summed E-state index contributed by atoms with van der Waals surface area (Å²) < 4.78 is 0. The average molecular weight is 283 g/mol. The Morgan fingerprint density at radius 1 is 1.20 bits per heavy atom. The van der Waals surface area contributed by atoms with E-state index in [2.05, 4.69) is 5.32 Å². The smallest absolute Gasteiger partial charge is 0.308 e. The normalized spacial score (nSPS) is 19.0. The van der Waals surface area contributed by atoms with Crippen molar-refractivity contribution in [2.24, 2.45) is 23.7 Å². The van der Waals surface area contributed by atoms with Crippen molar-refractivity contribution in [3.63, 3.8) is 0 Å². The van der Waals surface area contributed by atoms with Crippen LogP contribution in [0.5, 0.6) is 0 Å². The van der Waals surface area contributed by atoms with Crippen LogP contribution in [0.25, 0.3) is 0 Å². The van der Waals surface area contributed by atoms with Gasteiger partial charge in [-0.05, 0) is 24.7 Å². The van der Waals surface area contributed by atoms with Crippen molar-refractivity contribution in [1.29, 1.82) is 0 Å². The van der Waals surface area contributed by atoms with Gasteiger partial charge in [-0.3, -0.25) is 9.59 Å². The molecule has 0 aliphatic heterocycles. The summed E-state index contributed by atoms with van der Waals surface area (Å²) in [7, 11) is 0. The van der Waals surface area contributed by atoms with Gasteiger partial charge in [0.15, 0.2) is 0 Å². The van der Waals surface area contributed by atoms with Crippen LogP contribution in [0.3, 0.4) is 0 Å². The van der Waals surface area contributed by atoms with Crippen molar-refractivity contribution >= 4 is 11.9 Å². The van der Waals surface area contributed by atoms with E-state index in [0.717, 1.165) is 6.42 Å². The molecule has 1 saturated carbocycles. The monoisotopic (exact) mass is 283 g/mol. The van der Waals surface area contributed by atoms with E-state index in [9.17, 15) is 9.59 Å². The topological polar surface area (TPSA) is 66.4 Å². The van der Waals surface area contributed by atoms with Gasteiger partial charge >= 0.3 is 5.97 Å². The molecule has 2 atom stereocenters. The first-order valence-corrected chi connectivity index (χ1v) is 7.90. The fourth-order valence-electron chi connectivity index (χ4n) is 3.09. The van der Waals surface area contributed by atoms with Crippen LogP contribution in [-0.4, -0.2) is 23.5 Å². The van der Waals surface area contributed by atoms with E-state index in [-0.39, 0.29) is 18.4 Å². The first-order chi connectivity index (χ1) is 9.40. The molecule has 2 N–H and O–H groups in total. The quantitative estimate of drug-likeness (QED) is 0.719. The number of carboxylic acids is 1. The lowest BCUT2D eigenvalue weighted by molar-refractivity contribution is -0.142. The van der Waals surface area contributed by atoms with Crippen molar-refractivity contribution in [3.05, 3.63) is 0 Å². The summed E-state index contributed by atoms with van der Waals surface area (Å²) in [5, 5.41) is 12.0. The molecule has 2 unspecified atom stereocenters. The van der Waals surface area contributed by atoms with Crippen LogP contribution in [-0.2, 0) is 9.59 Å². The third-order valence-corrected chi connectivity index (χ3v) is 4.24. The highest BCUT2D eigenvalue weighted by molar-refractivity contribution is 5.79. The zero-order valence-electron chi connectivity index (χ0n) is 13.0. The highest BCUT2D eigenvalue weighted by Gasteiger charge is 2.24. The molecule has 0 aromatic heterocycles. The predicted molar refractivity (Wildman–Crippen MR) is 79.3 cm³/mol. The second-order valence-electron chi connectivity index (χ2n) is 6.70. The van der Waals surface area contributed by atoms with E-state index in [0.29, 0.717) is 18.3 Å². The van der Waals surface area contributed by atoms with Crippen molar-refractivity contribution in [2.75, 3.05) is 6.54 Å². The number of aliphatic carboxylic acids is 1. The first-order valence-electron chi connectivity index (χ1n) is 7.90. The zero-order chi connectivity index (χ0) is 15.1. The third kappa shape index (κ3) is 5.93. The van der Waals surface area contributed by atoms with Gasteiger partial charge in [-0.15, -0.1) is 0 Å². The maximum absolute atomic E-state index is 12.0. The van der Waals surface area contributed by atoms with Gasteiger partial charge in [-0.25, -0.2) is 0 Å². The molecule has 0 spiro atoms. The van der Waals surface area contributed by atoms with E-state index in [1.165, 1.54) is 25.7 Å². The van der Waals surface area contributed by atoms with Crippen LogP contribution >= 0.6 is 0 Å². The Balaban J connectivity index is 2.33. The average Bonchev–Trinajstić information content (AvgIpc) is 2.85. The molecule has 1 aliphatic carbocycles. The molecule has 1 amide bonds. The summed E-state index contributed by atoms with van der Waals surface area (Å²) in [6.07, 6.45) is 6.59. The van der Waals surface area contributed by atoms with Gasteiger partial charge in [0.2, 0.25) is 5.91 Å². The van der Waals surface area contributed by atoms with Gasteiger partial charge in [-0.1, -0.05) is 46.5 Å². The third-order valence-electron chi connectivity index (χ3n) is 4.24. The van der Waals surface area contributed by atoms with Gasteiger partial charge in [0.1, 0.15) is 0 Å². The van der Waals surface area contributed by atoms with Crippen LogP contribution in [0.2, 0.25) is 0 Å². The van der Waals surface area contributed by atoms with Gasteiger partial charge in [0, 0.05) is 12.5 Å². The Hall–Kier alpha value is -1.06. The van der Waals surface area contributed by atoms with Crippen molar-refractivity contribution in [1.82, 2.24) is 5.32 Å². The molecular weight excluding hydrogens is 254 g/mol. The second kappa shape index (κ2) is 8.28. The highest BCUT2D eigenvalue weighted by atomic mass is 16.4. The van der Waals surface area contributed by atoms with Crippen LogP contribution in [0.15, 0.2) is 0 Å². The van der Waals surface area contributed by atoms with E-state index >= 15 is 0 Å². The fourth-order valence-corrected chi connectivity index (χ4v) is 3.09. The maximum atomic E-state index is 12.0. The number of hydrogen-bond donors (Lipinski definition) is 2. The van der Waals surface area contributed by atoms with Gasteiger partial charge in [-0.2, -0.15) is 0 Å².